The molecule has 13 heavy (non-hydrogen) atoms. The van der Waals surface area contributed by atoms with E-state index in [9.17, 15) is 4.79 Å². The van der Waals surface area contributed by atoms with Crippen LogP contribution in [0.1, 0.15) is 28.9 Å². The number of pyridine rings is 1. The van der Waals surface area contributed by atoms with Crippen molar-refractivity contribution in [3.05, 3.63) is 29.6 Å². The van der Waals surface area contributed by atoms with Gasteiger partial charge in [0.15, 0.2) is 5.78 Å². The molecule has 1 heterocycles. The second-order valence-corrected chi connectivity index (χ2v) is 3.28. The van der Waals surface area contributed by atoms with Gasteiger partial charge in [-0.05, 0) is 25.5 Å². The van der Waals surface area contributed by atoms with Gasteiger partial charge in [0.25, 0.3) is 0 Å². The van der Waals surface area contributed by atoms with Crippen molar-refractivity contribution in [2.45, 2.75) is 19.8 Å². The first-order valence-corrected chi connectivity index (χ1v) is 4.79. The van der Waals surface area contributed by atoms with Crippen LogP contribution in [0, 0.1) is 6.92 Å². The van der Waals surface area contributed by atoms with Crippen molar-refractivity contribution in [3.8, 4) is 0 Å². The summed E-state index contributed by atoms with van der Waals surface area (Å²) in [6.07, 6.45) is 2.86. The molecule has 0 fully saturated rings. The lowest BCUT2D eigenvalue weighted by atomic mass is 10.1. The third kappa shape index (κ3) is 3.15. The van der Waals surface area contributed by atoms with Gasteiger partial charge in [-0.25, -0.2) is 0 Å². The van der Waals surface area contributed by atoms with Crippen molar-refractivity contribution in [2.75, 3.05) is 5.88 Å². The van der Waals surface area contributed by atoms with Crippen LogP contribution in [0.25, 0.3) is 0 Å². The summed E-state index contributed by atoms with van der Waals surface area (Å²) in [6.45, 7) is 1.90. The maximum atomic E-state index is 11.4. The Bertz CT molecular complexity index is 281. The highest BCUT2D eigenvalue weighted by Crippen LogP contribution is 2.05. The lowest BCUT2D eigenvalue weighted by molar-refractivity contribution is 0.0981. The molecule has 3 heteroatoms. The van der Waals surface area contributed by atoms with Crippen LogP contribution in [0.15, 0.2) is 18.3 Å². The monoisotopic (exact) mass is 197 g/mol. The molecule has 0 saturated carbocycles. The number of carbonyl (C=O) groups is 1. The van der Waals surface area contributed by atoms with Gasteiger partial charge in [0, 0.05) is 29.8 Å². The first-order valence-electron chi connectivity index (χ1n) is 4.26. The van der Waals surface area contributed by atoms with E-state index in [1.165, 1.54) is 0 Å². The Morgan fingerprint density at radius 1 is 1.54 bits per heavy atom. The van der Waals surface area contributed by atoms with Gasteiger partial charge in [-0.1, -0.05) is 0 Å². The van der Waals surface area contributed by atoms with Crippen molar-refractivity contribution in [1.82, 2.24) is 4.98 Å². The minimum absolute atomic E-state index is 0.119. The van der Waals surface area contributed by atoms with Crippen LogP contribution < -0.4 is 0 Å². The van der Waals surface area contributed by atoms with E-state index in [1.54, 1.807) is 12.3 Å². The number of hydrogen-bond acceptors (Lipinski definition) is 2. The maximum Gasteiger partial charge on any atom is 0.164 e. The quantitative estimate of drug-likeness (QED) is 0.549. The highest BCUT2D eigenvalue weighted by atomic mass is 35.5. The molecule has 0 saturated heterocycles. The van der Waals surface area contributed by atoms with E-state index in [4.69, 9.17) is 11.6 Å². The Balaban J connectivity index is 2.61. The molecule has 2 nitrogen and oxygen atoms in total. The SMILES string of the molecule is Cc1ccc(C(=O)CCCCl)cn1. The van der Waals surface area contributed by atoms with Crippen LogP contribution in [-0.4, -0.2) is 16.6 Å². The number of carbonyl (C=O) groups excluding carboxylic acids is 1. The fourth-order valence-corrected chi connectivity index (χ4v) is 1.14. The topological polar surface area (TPSA) is 30.0 Å². The molecule has 0 spiro atoms. The Hall–Kier alpha value is -0.890. The van der Waals surface area contributed by atoms with E-state index in [-0.39, 0.29) is 5.78 Å². The largest absolute Gasteiger partial charge is 0.294 e. The zero-order valence-corrected chi connectivity index (χ0v) is 8.34. The molecule has 0 aliphatic rings. The molecular formula is C10H12ClNO. The minimum atomic E-state index is 0.119. The zero-order valence-electron chi connectivity index (χ0n) is 7.59. The number of alkyl halides is 1. The predicted octanol–water partition coefficient (Wildman–Crippen LogP) is 2.59. The summed E-state index contributed by atoms with van der Waals surface area (Å²) in [5, 5.41) is 0. The van der Waals surface area contributed by atoms with Gasteiger partial charge in [-0.3, -0.25) is 9.78 Å². The van der Waals surface area contributed by atoms with Crippen LogP contribution in [0.3, 0.4) is 0 Å². The lowest BCUT2D eigenvalue weighted by Crippen LogP contribution is -2.00. The summed E-state index contributed by atoms with van der Waals surface area (Å²) in [5.74, 6) is 0.651. The van der Waals surface area contributed by atoms with Crippen molar-refractivity contribution in [1.29, 1.82) is 0 Å². The molecule has 1 aromatic heterocycles. The number of aryl methyl sites for hydroxylation is 1. The van der Waals surface area contributed by atoms with Gasteiger partial charge in [0.2, 0.25) is 0 Å². The molecule has 70 valence electrons. The Kier molecular flexibility index (Phi) is 3.90. The Morgan fingerprint density at radius 3 is 2.85 bits per heavy atom. The molecule has 1 rings (SSSR count). The van der Waals surface area contributed by atoms with Gasteiger partial charge in [0.05, 0.1) is 0 Å². The second kappa shape index (κ2) is 4.97. The van der Waals surface area contributed by atoms with Crippen molar-refractivity contribution in [3.63, 3.8) is 0 Å². The van der Waals surface area contributed by atoms with Crippen LogP contribution >= 0.6 is 11.6 Å². The first kappa shape index (κ1) is 10.2. The predicted molar refractivity (Wildman–Crippen MR) is 53.3 cm³/mol. The first-order chi connectivity index (χ1) is 6.24. The average Bonchev–Trinajstić information content (AvgIpc) is 2.15. The minimum Gasteiger partial charge on any atom is -0.294 e. The third-order valence-corrected chi connectivity index (χ3v) is 2.04. The van der Waals surface area contributed by atoms with Gasteiger partial charge in [-0.15, -0.1) is 11.6 Å². The number of nitrogens with zero attached hydrogens (tertiary/aromatic N) is 1. The van der Waals surface area contributed by atoms with Crippen LogP contribution in [0.2, 0.25) is 0 Å². The van der Waals surface area contributed by atoms with E-state index < -0.39 is 0 Å². The number of aromatic nitrogens is 1. The van der Waals surface area contributed by atoms with E-state index in [1.807, 2.05) is 13.0 Å². The Labute approximate surface area is 82.9 Å². The lowest BCUT2D eigenvalue weighted by Gasteiger charge is -1.98. The summed E-state index contributed by atoms with van der Waals surface area (Å²) in [5.41, 5.74) is 1.60. The molecule has 0 aliphatic carbocycles. The molecule has 0 aromatic carbocycles. The normalized spacial score (nSPS) is 10.0. The highest BCUT2D eigenvalue weighted by Gasteiger charge is 2.04. The summed E-state index contributed by atoms with van der Waals surface area (Å²) < 4.78 is 0. The molecular weight excluding hydrogens is 186 g/mol. The Morgan fingerprint density at radius 2 is 2.31 bits per heavy atom. The maximum absolute atomic E-state index is 11.4. The fourth-order valence-electron chi connectivity index (χ4n) is 1.00. The van der Waals surface area contributed by atoms with Crippen LogP contribution in [0.4, 0.5) is 0 Å². The number of rotatable bonds is 4. The number of halogens is 1. The van der Waals surface area contributed by atoms with Gasteiger partial charge in [0.1, 0.15) is 0 Å². The second-order valence-electron chi connectivity index (χ2n) is 2.90. The van der Waals surface area contributed by atoms with E-state index >= 15 is 0 Å². The molecule has 0 N–H and O–H groups in total. The zero-order chi connectivity index (χ0) is 9.68. The van der Waals surface area contributed by atoms with E-state index in [0.717, 1.165) is 12.1 Å². The van der Waals surface area contributed by atoms with Crippen molar-refractivity contribution in [2.24, 2.45) is 0 Å². The van der Waals surface area contributed by atoms with E-state index in [2.05, 4.69) is 4.98 Å². The molecule has 0 bridgehead atoms. The van der Waals surface area contributed by atoms with Crippen molar-refractivity contribution < 1.29 is 4.79 Å². The van der Waals surface area contributed by atoms with Gasteiger partial charge >= 0.3 is 0 Å². The smallest absolute Gasteiger partial charge is 0.164 e. The summed E-state index contributed by atoms with van der Waals surface area (Å²) in [7, 11) is 0. The molecule has 0 radical (unpaired) electrons. The average molecular weight is 198 g/mol. The molecule has 0 amide bonds. The number of ketones is 1. The molecule has 0 atom stereocenters. The highest BCUT2D eigenvalue weighted by molar-refractivity contribution is 6.18. The standard InChI is InChI=1S/C10H12ClNO/c1-8-4-5-9(7-12-8)10(13)3-2-6-11/h4-5,7H,2-3,6H2,1H3. The third-order valence-electron chi connectivity index (χ3n) is 1.77. The van der Waals surface area contributed by atoms with Crippen molar-refractivity contribution >= 4 is 17.4 Å². The molecule has 0 unspecified atom stereocenters. The summed E-state index contributed by atoms with van der Waals surface area (Å²) in [6, 6.07) is 3.65. The van der Waals surface area contributed by atoms with Crippen LogP contribution in [0.5, 0.6) is 0 Å². The van der Waals surface area contributed by atoms with Crippen LogP contribution in [-0.2, 0) is 0 Å². The van der Waals surface area contributed by atoms with Gasteiger partial charge < -0.3 is 0 Å². The molecule has 1 aromatic rings. The fraction of sp³-hybridized carbons (Fsp3) is 0.400. The molecule has 0 aliphatic heterocycles. The number of Topliss-reactive ketones (excluding diaryl/α,β-unsaturated/α-hetero) is 1. The van der Waals surface area contributed by atoms with E-state index in [0.29, 0.717) is 17.9 Å². The van der Waals surface area contributed by atoms with Gasteiger partial charge in [-0.2, -0.15) is 0 Å². The number of hydrogen-bond donors (Lipinski definition) is 0. The summed E-state index contributed by atoms with van der Waals surface area (Å²) in [4.78, 5) is 15.5. The summed E-state index contributed by atoms with van der Waals surface area (Å²) >= 11 is 5.49.